The average Bonchev–Trinajstić information content (AvgIpc) is 3.18. The molecule has 6 heteroatoms. The Morgan fingerprint density at radius 1 is 1.31 bits per heavy atom. The Balaban J connectivity index is 2.14. The Kier molecular flexibility index (Phi) is 4.78. The molecule has 1 aliphatic heterocycles. The number of amides is 1. The molecule has 1 aliphatic rings. The van der Waals surface area contributed by atoms with Crippen molar-refractivity contribution >= 4 is 29.3 Å². The van der Waals surface area contributed by atoms with Crippen LogP contribution in [0.1, 0.15) is 49.2 Å². The normalized spacial score (nSPS) is 15.7. The fourth-order valence-electron chi connectivity index (χ4n) is 2.98. The summed E-state index contributed by atoms with van der Waals surface area (Å²) in [4.78, 5) is 19.6. The van der Waals surface area contributed by atoms with Gasteiger partial charge in [0, 0.05) is 28.0 Å². The molecule has 1 aromatic heterocycles. The second-order valence-electron chi connectivity index (χ2n) is 6.58. The van der Waals surface area contributed by atoms with Crippen molar-refractivity contribution in [3.05, 3.63) is 52.9 Å². The SMILES string of the molecule is CCC(N)(C=Cc1c(F)ccc2c1/C(=C/c1nc[nH]c1C)C(=O)N2)CC. The molecule has 3 rings (SSSR count). The molecule has 26 heavy (non-hydrogen) atoms. The van der Waals surface area contributed by atoms with Gasteiger partial charge in [-0.25, -0.2) is 9.37 Å². The van der Waals surface area contributed by atoms with Crippen LogP contribution in [0.25, 0.3) is 17.7 Å². The molecule has 0 fully saturated rings. The van der Waals surface area contributed by atoms with Crippen molar-refractivity contribution in [2.24, 2.45) is 5.73 Å². The zero-order valence-corrected chi connectivity index (χ0v) is 15.2. The number of carbonyl (C=O) groups excluding carboxylic acids is 1. The first-order valence-corrected chi connectivity index (χ1v) is 8.72. The van der Waals surface area contributed by atoms with Gasteiger partial charge in [0.15, 0.2) is 0 Å². The molecule has 0 spiro atoms. The molecule has 1 aromatic carbocycles. The van der Waals surface area contributed by atoms with Crippen LogP contribution in [0.2, 0.25) is 0 Å². The first-order valence-electron chi connectivity index (χ1n) is 8.72. The highest BCUT2D eigenvalue weighted by Gasteiger charge is 2.29. The number of benzene rings is 1. The molecular formula is C20H23FN4O. The summed E-state index contributed by atoms with van der Waals surface area (Å²) in [6.45, 7) is 5.86. The van der Waals surface area contributed by atoms with E-state index in [0.29, 0.717) is 28.1 Å². The number of rotatable bonds is 5. The van der Waals surface area contributed by atoms with Gasteiger partial charge in [-0.1, -0.05) is 26.0 Å². The monoisotopic (exact) mass is 354 g/mol. The van der Waals surface area contributed by atoms with E-state index in [1.165, 1.54) is 6.07 Å². The number of imidazole rings is 1. The van der Waals surface area contributed by atoms with Gasteiger partial charge in [-0.15, -0.1) is 0 Å². The van der Waals surface area contributed by atoms with Crippen molar-refractivity contribution < 1.29 is 9.18 Å². The van der Waals surface area contributed by atoms with Gasteiger partial charge >= 0.3 is 0 Å². The van der Waals surface area contributed by atoms with E-state index in [0.717, 1.165) is 18.5 Å². The van der Waals surface area contributed by atoms with E-state index < -0.39 is 11.4 Å². The maximum Gasteiger partial charge on any atom is 0.256 e. The smallest absolute Gasteiger partial charge is 0.256 e. The summed E-state index contributed by atoms with van der Waals surface area (Å²) in [5.41, 5.74) is 9.18. The zero-order valence-electron chi connectivity index (χ0n) is 15.2. The molecule has 2 aromatic rings. The van der Waals surface area contributed by atoms with Crippen LogP contribution in [0.15, 0.2) is 24.5 Å². The number of nitrogens with two attached hydrogens (primary N) is 1. The molecule has 4 N–H and O–H groups in total. The second-order valence-corrected chi connectivity index (χ2v) is 6.58. The van der Waals surface area contributed by atoms with Crippen LogP contribution in [-0.4, -0.2) is 21.4 Å². The first kappa shape index (κ1) is 18.1. The summed E-state index contributed by atoms with van der Waals surface area (Å²) in [6, 6.07) is 2.94. The number of H-pyrrole nitrogens is 1. The lowest BCUT2D eigenvalue weighted by Crippen LogP contribution is -2.35. The Bertz CT molecular complexity index is 907. The molecule has 0 atom stereocenters. The fourth-order valence-corrected chi connectivity index (χ4v) is 2.98. The van der Waals surface area contributed by atoms with E-state index in [-0.39, 0.29) is 5.91 Å². The molecule has 5 nitrogen and oxygen atoms in total. The van der Waals surface area contributed by atoms with Crippen molar-refractivity contribution in [1.29, 1.82) is 0 Å². The molecule has 0 saturated carbocycles. The zero-order chi connectivity index (χ0) is 18.9. The summed E-state index contributed by atoms with van der Waals surface area (Å²) in [6.07, 6.45) is 8.23. The first-order chi connectivity index (χ1) is 12.4. The number of hydrogen-bond acceptors (Lipinski definition) is 3. The molecule has 0 aliphatic carbocycles. The summed E-state index contributed by atoms with van der Waals surface area (Å²) in [5, 5.41) is 2.80. The quantitative estimate of drug-likeness (QED) is 0.713. The molecule has 0 unspecified atom stereocenters. The van der Waals surface area contributed by atoms with Gasteiger partial charge < -0.3 is 16.0 Å². The van der Waals surface area contributed by atoms with Gasteiger partial charge in [0.05, 0.1) is 17.6 Å². The van der Waals surface area contributed by atoms with Crippen LogP contribution in [0.3, 0.4) is 0 Å². The van der Waals surface area contributed by atoms with Gasteiger partial charge in [0.2, 0.25) is 0 Å². The third kappa shape index (κ3) is 3.20. The predicted octanol–water partition coefficient (Wildman–Crippen LogP) is 3.88. The van der Waals surface area contributed by atoms with Crippen LogP contribution in [0.4, 0.5) is 10.1 Å². The molecule has 0 saturated heterocycles. The number of nitrogens with zero attached hydrogens (tertiary/aromatic N) is 1. The summed E-state index contributed by atoms with van der Waals surface area (Å²) in [7, 11) is 0. The molecule has 1 amide bonds. The van der Waals surface area contributed by atoms with Crippen LogP contribution < -0.4 is 11.1 Å². The molecule has 136 valence electrons. The number of hydrogen-bond donors (Lipinski definition) is 3. The number of fused-ring (bicyclic) bond motifs is 1. The van der Waals surface area contributed by atoms with Gasteiger partial charge in [-0.2, -0.15) is 0 Å². The van der Waals surface area contributed by atoms with Crippen LogP contribution in [0, 0.1) is 12.7 Å². The largest absolute Gasteiger partial charge is 0.348 e. The molecular weight excluding hydrogens is 331 g/mol. The topological polar surface area (TPSA) is 83.8 Å². The van der Waals surface area contributed by atoms with Gasteiger partial charge in [-0.3, -0.25) is 4.79 Å². The number of aryl methyl sites for hydroxylation is 1. The maximum absolute atomic E-state index is 14.6. The van der Waals surface area contributed by atoms with E-state index in [4.69, 9.17) is 5.73 Å². The van der Waals surface area contributed by atoms with E-state index >= 15 is 0 Å². The lowest BCUT2D eigenvalue weighted by Gasteiger charge is -2.22. The van der Waals surface area contributed by atoms with Gasteiger partial charge in [-0.05, 0) is 38.0 Å². The number of anilines is 1. The molecule has 0 bridgehead atoms. The van der Waals surface area contributed by atoms with E-state index in [9.17, 15) is 9.18 Å². The average molecular weight is 354 g/mol. The van der Waals surface area contributed by atoms with Crippen molar-refractivity contribution in [1.82, 2.24) is 9.97 Å². The van der Waals surface area contributed by atoms with E-state index in [1.54, 1.807) is 24.5 Å². The number of halogens is 1. The minimum atomic E-state index is -0.506. The lowest BCUT2D eigenvalue weighted by molar-refractivity contribution is -0.110. The summed E-state index contributed by atoms with van der Waals surface area (Å²) in [5.74, 6) is -0.664. The minimum absolute atomic E-state index is 0.271. The number of aromatic nitrogens is 2. The Labute approximate surface area is 152 Å². The number of nitrogens with one attached hydrogen (secondary N) is 2. The van der Waals surface area contributed by atoms with E-state index in [2.05, 4.69) is 15.3 Å². The molecule has 2 heterocycles. The number of carbonyl (C=O) groups is 1. The highest BCUT2D eigenvalue weighted by atomic mass is 19.1. The Morgan fingerprint density at radius 2 is 2.04 bits per heavy atom. The van der Waals surface area contributed by atoms with Crippen molar-refractivity contribution in [3.63, 3.8) is 0 Å². The summed E-state index contributed by atoms with van der Waals surface area (Å²) < 4.78 is 14.6. The van der Waals surface area contributed by atoms with Crippen molar-refractivity contribution in [2.75, 3.05) is 5.32 Å². The Morgan fingerprint density at radius 3 is 2.65 bits per heavy atom. The predicted molar refractivity (Wildman–Crippen MR) is 103 cm³/mol. The van der Waals surface area contributed by atoms with E-state index in [1.807, 2.05) is 26.8 Å². The third-order valence-electron chi connectivity index (χ3n) is 5.00. The van der Waals surface area contributed by atoms with Gasteiger partial charge in [0.1, 0.15) is 5.82 Å². The highest BCUT2D eigenvalue weighted by molar-refractivity contribution is 6.35. The maximum atomic E-state index is 14.6. The lowest BCUT2D eigenvalue weighted by atomic mass is 9.91. The second kappa shape index (κ2) is 6.88. The standard InChI is InChI=1S/C20H23FN4O/c1-4-20(22,5-2)9-8-13-15(21)6-7-16-18(13)14(19(26)25-16)10-17-12(3)23-11-24-17/h6-11H,4-5,22H2,1-3H3,(H,23,24)(H,25,26)/b9-8?,14-10-. The van der Waals surface area contributed by atoms with Crippen LogP contribution in [0.5, 0.6) is 0 Å². The van der Waals surface area contributed by atoms with Crippen molar-refractivity contribution in [2.45, 2.75) is 39.2 Å². The third-order valence-corrected chi connectivity index (χ3v) is 5.00. The van der Waals surface area contributed by atoms with Gasteiger partial charge in [0.25, 0.3) is 5.91 Å². The van der Waals surface area contributed by atoms with Crippen LogP contribution in [-0.2, 0) is 4.79 Å². The fraction of sp³-hybridized carbons (Fsp3) is 0.300. The van der Waals surface area contributed by atoms with Crippen molar-refractivity contribution in [3.8, 4) is 0 Å². The minimum Gasteiger partial charge on any atom is -0.348 e. The Hall–Kier alpha value is -2.73. The summed E-state index contributed by atoms with van der Waals surface area (Å²) >= 11 is 0. The molecule has 0 radical (unpaired) electrons. The highest BCUT2D eigenvalue weighted by Crippen LogP contribution is 2.38. The van der Waals surface area contributed by atoms with Crippen LogP contribution >= 0.6 is 0 Å². The number of aromatic amines is 1.